The first-order chi connectivity index (χ1) is 8.69. The van der Waals surface area contributed by atoms with Gasteiger partial charge >= 0.3 is 0 Å². The Morgan fingerprint density at radius 1 is 1.22 bits per heavy atom. The molecule has 92 valence electrons. The van der Waals surface area contributed by atoms with Gasteiger partial charge in [-0.1, -0.05) is 12.1 Å². The van der Waals surface area contributed by atoms with Gasteiger partial charge in [-0.2, -0.15) is 0 Å². The van der Waals surface area contributed by atoms with Crippen LogP contribution in [0.4, 0.5) is 5.69 Å². The molecule has 5 heteroatoms. The minimum atomic E-state index is -0.296. The Morgan fingerprint density at radius 2 is 2.06 bits per heavy atom. The predicted octanol–water partition coefficient (Wildman–Crippen LogP) is 2.05. The second-order valence-electron chi connectivity index (χ2n) is 3.78. The molecule has 0 radical (unpaired) electrons. The van der Waals surface area contributed by atoms with Gasteiger partial charge in [0.05, 0.1) is 7.11 Å². The lowest BCUT2D eigenvalue weighted by atomic mass is 10.2. The van der Waals surface area contributed by atoms with Crippen LogP contribution >= 0.6 is 0 Å². The normalized spacial score (nSPS) is 9.89. The molecule has 0 aliphatic heterocycles. The number of methoxy groups -OCH3 is 1. The highest BCUT2D eigenvalue weighted by Crippen LogP contribution is 2.11. The summed E-state index contributed by atoms with van der Waals surface area (Å²) >= 11 is 0. The van der Waals surface area contributed by atoms with Crippen LogP contribution in [-0.2, 0) is 0 Å². The lowest BCUT2D eigenvalue weighted by Crippen LogP contribution is -2.14. The highest BCUT2D eigenvalue weighted by molar-refractivity contribution is 6.02. The number of aromatic nitrogens is 2. The van der Waals surface area contributed by atoms with E-state index >= 15 is 0 Å². The second kappa shape index (κ2) is 5.27. The molecule has 0 bridgehead atoms. The van der Waals surface area contributed by atoms with Gasteiger partial charge in [-0.3, -0.25) is 4.79 Å². The van der Waals surface area contributed by atoms with Crippen molar-refractivity contribution >= 4 is 11.6 Å². The van der Waals surface area contributed by atoms with Crippen LogP contribution in [0.15, 0.2) is 36.4 Å². The first kappa shape index (κ1) is 12.0. The Morgan fingerprint density at radius 3 is 2.67 bits per heavy atom. The fourth-order valence-electron chi connectivity index (χ4n) is 1.47. The first-order valence-corrected chi connectivity index (χ1v) is 5.45. The average molecular weight is 243 g/mol. The van der Waals surface area contributed by atoms with Crippen LogP contribution in [0.5, 0.6) is 5.88 Å². The van der Waals surface area contributed by atoms with Crippen molar-refractivity contribution in [3.05, 3.63) is 47.7 Å². The molecule has 1 aromatic heterocycles. The summed E-state index contributed by atoms with van der Waals surface area (Å²) in [5.41, 5.74) is 2.06. The van der Waals surface area contributed by atoms with Crippen molar-refractivity contribution in [3.8, 4) is 5.88 Å². The quantitative estimate of drug-likeness (QED) is 0.896. The van der Waals surface area contributed by atoms with Crippen molar-refractivity contribution in [2.45, 2.75) is 6.92 Å². The van der Waals surface area contributed by atoms with E-state index in [2.05, 4.69) is 15.5 Å². The Labute approximate surface area is 105 Å². The Hall–Kier alpha value is -2.43. The van der Waals surface area contributed by atoms with Crippen molar-refractivity contribution < 1.29 is 9.53 Å². The molecule has 1 amide bonds. The van der Waals surface area contributed by atoms with Crippen molar-refractivity contribution in [1.29, 1.82) is 0 Å². The van der Waals surface area contributed by atoms with Gasteiger partial charge in [0.2, 0.25) is 5.88 Å². The van der Waals surface area contributed by atoms with Gasteiger partial charge < -0.3 is 10.1 Å². The van der Waals surface area contributed by atoms with Crippen LogP contribution in [0.3, 0.4) is 0 Å². The summed E-state index contributed by atoms with van der Waals surface area (Å²) in [4.78, 5) is 11.9. The molecule has 1 aromatic carbocycles. The first-order valence-electron chi connectivity index (χ1n) is 5.45. The number of nitrogens with zero attached hydrogens (tertiary/aromatic N) is 2. The number of rotatable bonds is 3. The summed E-state index contributed by atoms with van der Waals surface area (Å²) < 4.78 is 4.88. The largest absolute Gasteiger partial charge is 0.480 e. The maximum absolute atomic E-state index is 11.9. The number of nitrogens with one attached hydrogen (secondary N) is 1. The van der Waals surface area contributed by atoms with E-state index in [4.69, 9.17) is 4.74 Å². The fourth-order valence-corrected chi connectivity index (χ4v) is 1.47. The monoisotopic (exact) mass is 243 g/mol. The third-order valence-electron chi connectivity index (χ3n) is 2.36. The molecule has 0 aliphatic rings. The standard InChI is InChI=1S/C13H13N3O2/c1-9-4-3-5-10(8-9)14-13(17)11-6-7-12(18-2)16-15-11/h3-8H,1-2H3,(H,14,17). The van der Waals surface area contributed by atoms with Gasteiger partial charge in [0.15, 0.2) is 5.69 Å². The highest BCUT2D eigenvalue weighted by atomic mass is 16.5. The van der Waals surface area contributed by atoms with Crippen LogP contribution in [-0.4, -0.2) is 23.2 Å². The average Bonchev–Trinajstić information content (AvgIpc) is 2.39. The summed E-state index contributed by atoms with van der Waals surface area (Å²) in [6.45, 7) is 1.96. The number of carbonyl (C=O) groups is 1. The van der Waals surface area contributed by atoms with Crippen molar-refractivity contribution in [2.24, 2.45) is 0 Å². The maximum atomic E-state index is 11.9. The number of aryl methyl sites for hydroxylation is 1. The molecule has 1 N–H and O–H groups in total. The summed E-state index contributed by atoms with van der Waals surface area (Å²) in [6, 6.07) is 10.7. The summed E-state index contributed by atoms with van der Waals surface area (Å²) in [7, 11) is 1.50. The van der Waals surface area contributed by atoms with Gasteiger partial charge in [-0.15, -0.1) is 10.2 Å². The lowest BCUT2D eigenvalue weighted by Gasteiger charge is -2.05. The van der Waals surface area contributed by atoms with Gasteiger partial charge in [-0.25, -0.2) is 0 Å². The molecule has 18 heavy (non-hydrogen) atoms. The minimum absolute atomic E-state index is 0.248. The van der Waals surface area contributed by atoms with Gasteiger partial charge in [0.1, 0.15) is 0 Å². The fraction of sp³-hybridized carbons (Fsp3) is 0.154. The summed E-state index contributed by atoms with van der Waals surface area (Å²) in [6.07, 6.45) is 0. The van der Waals surface area contributed by atoms with Gasteiger partial charge in [0.25, 0.3) is 5.91 Å². The number of carbonyl (C=O) groups excluding carboxylic acids is 1. The Kier molecular flexibility index (Phi) is 3.52. The van der Waals surface area contributed by atoms with E-state index in [1.165, 1.54) is 7.11 Å². The van der Waals surface area contributed by atoms with Crippen LogP contribution < -0.4 is 10.1 Å². The van der Waals surface area contributed by atoms with Crippen LogP contribution in [0.2, 0.25) is 0 Å². The molecule has 2 aromatic rings. The maximum Gasteiger partial charge on any atom is 0.276 e. The zero-order chi connectivity index (χ0) is 13.0. The van der Waals surface area contributed by atoms with Crippen LogP contribution in [0.25, 0.3) is 0 Å². The van der Waals surface area contributed by atoms with E-state index in [0.29, 0.717) is 5.88 Å². The van der Waals surface area contributed by atoms with E-state index < -0.39 is 0 Å². The zero-order valence-corrected chi connectivity index (χ0v) is 10.2. The van der Waals surface area contributed by atoms with Crippen molar-refractivity contribution in [2.75, 3.05) is 12.4 Å². The van der Waals surface area contributed by atoms with Gasteiger partial charge in [-0.05, 0) is 30.7 Å². The van der Waals surface area contributed by atoms with E-state index in [9.17, 15) is 4.79 Å². The molecule has 2 rings (SSSR count). The molecule has 0 unspecified atom stereocenters. The number of anilines is 1. The van der Waals surface area contributed by atoms with Gasteiger partial charge in [0, 0.05) is 11.8 Å². The van der Waals surface area contributed by atoms with E-state index in [1.54, 1.807) is 12.1 Å². The molecule has 1 heterocycles. The number of benzene rings is 1. The van der Waals surface area contributed by atoms with E-state index in [1.807, 2.05) is 31.2 Å². The number of ether oxygens (including phenoxy) is 1. The number of amides is 1. The van der Waals surface area contributed by atoms with Crippen LogP contribution in [0, 0.1) is 6.92 Å². The van der Waals surface area contributed by atoms with E-state index in [-0.39, 0.29) is 11.6 Å². The molecule has 5 nitrogen and oxygen atoms in total. The Balaban J connectivity index is 2.11. The predicted molar refractivity (Wildman–Crippen MR) is 67.7 cm³/mol. The number of hydrogen-bond donors (Lipinski definition) is 1. The van der Waals surface area contributed by atoms with Crippen molar-refractivity contribution in [1.82, 2.24) is 10.2 Å². The zero-order valence-electron chi connectivity index (χ0n) is 10.2. The smallest absolute Gasteiger partial charge is 0.276 e. The molecular formula is C13H13N3O2. The minimum Gasteiger partial charge on any atom is -0.480 e. The third-order valence-corrected chi connectivity index (χ3v) is 2.36. The SMILES string of the molecule is COc1ccc(C(=O)Nc2cccc(C)c2)nn1. The molecular weight excluding hydrogens is 230 g/mol. The number of hydrogen-bond acceptors (Lipinski definition) is 4. The molecule has 0 atom stereocenters. The topological polar surface area (TPSA) is 64.1 Å². The molecule has 0 spiro atoms. The molecule has 0 saturated carbocycles. The lowest BCUT2D eigenvalue weighted by molar-refractivity contribution is 0.102. The molecule has 0 aliphatic carbocycles. The molecule has 0 saturated heterocycles. The van der Waals surface area contributed by atoms with Crippen LogP contribution in [0.1, 0.15) is 16.1 Å². The third kappa shape index (κ3) is 2.82. The summed E-state index contributed by atoms with van der Waals surface area (Å²) in [5, 5.41) is 10.3. The molecule has 0 fully saturated rings. The van der Waals surface area contributed by atoms with Crippen molar-refractivity contribution in [3.63, 3.8) is 0 Å². The summed E-state index contributed by atoms with van der Waals surface area (Å²) in [5.74, 6) is 0.0814. The van der Waals surface area contributed by atoms with E-state index in [0.717, 1.165) is 11.3 Å². The second-order valence-corrected chi connectivity index (χ2v) is 3.78. The highest BCUT2D eigenvalue weighted by Gasteiger charge is 2.08. The Bertz CT molecular complexity index is 552.